The maximum absolute atomic E-state index is 13.3. The Bertz CT molecular complexity index is 1010. The number of cyclic esters (lactones) is 1. The van der Waals surface area contributed by atoms with Crippen molar-refractivity contribution in [2.75, 3.05) is 23.4 Å². The number of benzene rings is 1. The van der Waals surface area contributed by atoms with Crippen LogP contribution in [0.5, 0.6) is 5.75 Å². The molecule has 0 aliphatic carbocycles. The van der Waals surface area contributed by atoms with Crippen LogP contribution in [0.15, 0.2) is 18.3 Å². The molecule has 9 nitrogen and oxygen atoms in total. The molecule has 3 heterocycles. The fourth-order valence-corrected chi connectivity index (χ4v) is 3.48. The lowest BCUT2D eigenvalue weighted by Crippen LogP contribution is -2.38. The van der Waals surface area contributed by atoms with Gasteiger partial charge in [-0.3, -0.25) is 4.79 Å². The van der Waals surface area contributed by atoms with Crippen LogP contribution in [-0.2, 0) is 16.1 Å². The first kappa shape index (κ1) is 19.9. The molecule has 2 aliphatic heterocycles. The number of hydrogen-bond acceptors (Lipinski definition) is 6. The molecule has 0 radical (unpaired) electrons. The first-order valence-corrected chi connectivity index (χ1v) is 9.41. The third kappa shape index (κ3) is 3.40. The highest BCUT2D eigenvalue weighted by Crippen LogP contribution is 2.38. The van der Waals surface area contributed by atoms with Crippen molar-refractivity contribution in [3.63, 3.8) is 0 Å². The van der Waals surface area contributed by atoms with E-state index in [-0.39, 0.29) is 12.4 Å². The van der Waals surface area contributed by atoms with Gasteiger partial charge in [0.2, 0.25) is 5.91 Å². The number of aromatic nitrogens is 2. The molecule has 1 fully saturated rings. The second kappa shape index (κ2) is 7.47. The number of aryl methyl sites for hydroxylation is 1. The molecule has 2 aliphatic rings. The van der Waals surface area contributed by atoms with Crippen LogP contribution < -0.4 is 20.7 Å². The molecule has 160 valence electrons. The zero-order chi connectivity index (χ0) is 21.6. The summed E-state index contributed by atoms with van der Waals surface area (Å²) in [6.45, 7) is 3.84. The predicted molar refractivity (Wildman–Crippen MR) is 104 cm³/mol. The van der Waals surface area contributed by atoms with E-state index < -0.39 is 30.5 Å². The van der Waals surface area contributed by atoms with E-state index >= 15 is 0 Å². The van der Waals surface area contributed by atoms with Crippen molar-refractivity contribution in [2.45, 2.75) is 38.9 Å². The van der Waals surface area contributed by atoms with E-state index in [0.29, 0.717) is 36.0 Å². The summed E-state index contributed by atoms with van der Waals surface area (Å²) in [6.07, 6.45) is -2.05. The molecule has 2 amide bonds. The van der Waals surface area contributed by atoms with Gasteiger partial charge in [0.1, 0.15) is 36.9 Å². The van der Waals surface area contributed by atoms with Crippen LogP contribution in [0.25, 0.3) is 11.4 Å². The number of rotatable bonds is 5. The Balaban J connectivity index is 1.73. The van der Waals surface area contributed by atoms with Gasteiger partial charge in [0.15, 0.2) is 5.82 Å². The van der Waals surface area contributed by atoms with Gasteiger partial charge in [0.05, 0.1) is 12.1 Å². The Labute approximate surface area is 170 Å². The van der Waals surface area contributed by atoms with Gasteiger partial charge in [-0.25, -0.2) is 23.5 Å². The summed E-state index contributed by atoms with van der Waals surface area (Å²) >= 11 is 0. The highest BCUT2D eigenvalue weighted by Gasteiger charge is 2.42. The van der Waals surface area contributed by atoms with Crippen LogP contribution in [0.1, 0.15) is 12.5 Å². The SMILES string of the molecule is Cc1cc2c(cc1NC(C)C(N)=O)OCCn1cc(N3C(=O)OC[C@H]3C(F)F)nc1-2. The van der Waals surface area contributed by atoms with Crippen LogP contribution >= 0.6 is 0 Å². The van der Waals surface area contributed by atoms with Gasteiger partial charge >= 0.3 is 6.09 Å². The van der Waals surface area contributed by atoms with E-state index in [4.69, 9.17) is 15.2 Å². The molecule has 1 unspecified atom stereocenters. The van der Waals surface area contributed by atoms with E-state index in [1.807, 2.05) is 13.0 Å². The van der Waals surface area contributed by atoms with Crippen molar-refractivity contribution >= 4 is 23.5 Å². The van der Waals surface area contributed by atoms with Crippen molar-refractivity contribution in [2.24, 2.45) is 5.73 Å². The third-order valence-corrected chi connectivity index (χ3v) is 5.16. The minimum Gasteiger partial charge on any atom is -0.491 e. The number of carbonyl (C=O) groups is 2. The normalized spacial score (nSPS) is 18.9. The van der Waals surface area contributed by atoms with Crippen molar-refractivity contribution in [1.82, 2.24) is 9.55 Å². The van der Waals surface area contributed by atoms with Crippen molar-refractivity contribution in [3.05, 3.63) is 23.9 Å². The average Bonchev–Trinajstić information content (AvgIpc) is 3.23. The lowest BCUT2D eigenvalue weighted by molar-refractivity contribution is -0.118. The summed E-state index contributed by atoms with van der Waals surface area (Å²) in [5.41, 5.74) is 7.47. The number of primary amides is 1. The maximum atomic E-state index is 13.3. The molecule has 1 aromatic heterocycles. The average molecular weight is 421 g/mol. The Hall–Kier alpha value is -3.37. The Morgan fingerprint density at radius 1 is 1.37 bits per heavy atom. The lowest BCUT2D eigenvalue weighted by atomic mass is 10.1. The summed E-state index contributed by atoms with van der Waals surface area (Å²) < 4.78 is 39.0. The van der Waals surface area contributed by atoms with E-state index in [2.05, 4.69) is 10.3 Å². The Morgan fingerprint density at radius 2 is 2.13 bits per heavy atom. The molecule has 0 bridgehead atoms. The Morgan fingerprint density at radius 3 is 2.83 bits per heavy atom. The number of ether oxygens (including phenoxy) is 2. The number of nitrogens with zero attached hydrogens (tertiary/aromatic N) is 3. The molecule has 4 rings (SSSR count). The van der Waals surface area contributed by atoms with Crippen molar-refractivity contribution < 1.29 is 27.8 Å². The molecule has 30 heavy (non-hydrogen) atoms. The number of imidazole rings is 1. The van der Waals surface area contributed by atoms with Gasteiger partial charge in [-0.2, -0.15) is 0 Å². The highest BCUT2D eigenvalue weighted by molar-refractivity contribution is 5.90. The molecular weight excluding hydrogens is 400 g/mol. The van der Waals surface area contributed by atoms with Crippen LogP contribution in [0.2, 0.25) is 0 Å². The molecule has 11 heteroatoms. The van der Waals surface area contributed by atoms with Gasteiger partial charge in [-0.05, 0) is 25.5 Å². The van der Waals surface area contributed by atoms with Gasteiger partial charge < -0.3 is 25.1 Å². The van der Waals surface area contributed by atoms with Gasteiger partial charge in [-0.15, -0.1) is 0 Å². The highest BCUT2D eigenvalue weighted by atomic mass is 19.3. The number of carbonyl (C=O) groups excluding carboxylic acids is 2. The van der Waals surface area contributed by atoms with Crippen molar-refractivity contribution in [3.8, 4) is 17.1 Å². The zero-order valence-corrected chi connectivity index (χ0v) is 16.4. The molecular formula is C19H21F2N5O4. The first-order chi connectivity index (χ1) is 14.3. The minimum absolute atomic E-state index is 0.104. The predicted octanol–water partition coefficient (Wildman–Crippen LogP) is 2.13. The summed E-state index contributed by atoms with van der Waals surface area (Å²) in [5.74, 6) is 0.622. The smallest absolute Gasteiger partial charge is 0.416 e. The van der Waals surface area contributed by atoms with Gasteiger partial charge in [-0.1, -0.05) is 0 Å². The molecule has 2 aromatic rings. The third-order valence-electron chi connectivity index (χ3n) is 5.16. The van der Waals surface area contributed by atoms with E-state index in [9.17, 15) is 18.4 Å². The second-order valence-corrected chi connectivity index (χ2v) is 7.24. The van der Waals surface area contributed by atoms with E-state index in [1.54, 1.807) is 23.8 Å². The van der Waals surface area contributed by atoms with Crippen LogP contribution in [-0.4, -0.2) is 53.3 Å². The lowest BCUT2D eigenvalue weighted by Gasteiger charge is -2.18. The minimum atomic E-state index is -2.75. The monoisotopic (exact) mass is 421 g/mol. The number of fused-ring (bicyclic) bond motifs is 3. The summed E-state index contributed by atoms with van der Waals surface area (Å²) in [6, 6.07) is 1.62. The van der Waals surface area contributed by atoms with Crippen LogP contribution in [0, 0.1) is 6.92 Å². The zero-order valence-electron chi connectivity index (χ0n) is 16.4. The fourth-order valence-electron chi connectivity index (χ4n) is 3.48. The number of alkyl halides is 2. The second-order valence-electron chi connectivity index (χ2n) is 7.24. The number of nitrogens with one attached hydrogen (secondary N) is 1. The van der Waals surface area contributed by atoms with Gasteiger partial charge in [0.25, 0.3) is 6.43 Å². The molecule has 2 atom stereocenters. The van der Waals surface area contributed by atoms with E-state index in [0.717, 1.165) is 10.5 Å². The van der Waals surface area contributed by atoms with Crippen molar-refractivity contribution in [1.29, 1.82) is 0 Å². The van der Waals surface area contributed by atoms with E-state index in [1.165, 1.54) is 0 Å². The molecule has 3 N–H and O–H groups in total. The standard InChI is InChI=1S/C19H21F2N5O4/c1-9-5-11-14(6-12(9)23-10(2)17(22)27)29-4-3-25-7-15(24-18(11)25)26-13(16(20)21)8-30-19(26)28/h5-7,10,13,16,23H,3-4,8H2,1-2H3,(H2,22,27)/t10?,13-/m0/s1. The quantitative estimate of drug-likeness (QED) is 0.765. The first-order valence-electron chi connectivity index (χ1n) is 9.41. The molecule has 0 saturated carbocycles. The topological polar surface area (TPSA) is 112 Å². The largest absolute Gasteiger partial charge is 0.491 e. The van der Waals surface area contributed by atoms with Crippen LogP contribution in [0.3, 0.4) is 0 Å². The number of nitrogens with two attached hydrogens (primary N) is 1. The number of hydrogen-bond donors (Lipinski definition) is 2. The fraction of sp³-hybridized carbons (Fsp3) is 0.421. The summed E-state index contributed by atoms with van der Waals surface area (Å²) in [4.78, 5) is 28.7. The maximum Gasteiger partial charge on any atom is 0.416 e. The Kier molecular flexibility index (Phi) is 4.96. The molecule has 0 spiro atoms. The van der Waals surface area contributed by atoms with Crippen LogP contribution in [0.4, 0.5) is 25.1 Å². The number of amides is 2. The molecule has 1 saturated heterocycles. The number of halogens is 2. The van der Waals surface area contributed by atoms with Gasteiger partial charge in [0, 0.05) is 18.0 Å². The number of anilines is 2. The summed E-state index contributed by atoms with van der Waals surface area (Å²) in [5, 5.41) is 3.04. The molecule has 1 aromatic carbocycles. The summed E-state index contributed by atoms with van der Waals surface area (Å²) in [7, 11) is 0.